The van der Waals surface area contributed by atoms with Crippen LogP contribution in [-0.4, -0.2) is 6.54 Å². The minimum absolute atomic E-state index is 0.389. The average molecular weight is 229 g/mol. The number of nitrogens with one attached hydrogen (secondary N) is 1. The highest BCUT2D eigenvalue weighted by atomic mass is 16.3. The van der Waals surface area contributed by atoms with E-state index in [0.29, 0.717) is 6.04 Å². The van der Waals surface area contributed by atoms with Gasteiger partial charge < -0.3 is 9.73 Å². The summed E-state index contributed by atoms with van der Waals surface area (Å²) < 4.78 is 5.95. The van der Waals surface area contributed by atoms with Gasteiger partial charge in [-0.05, 0) is 31.0 Å². The van der Waals surface area contributed by atoms with Gasteiger partial charge in [-0.15, -0.1) is 0 Å². The van der Waals surface area contributed by atoms with E-state index < -0.39 is 0 Å². The van der Waals surface area contributed by atoms with Gasteiger partial charge in [0.05, 0.1) is 6.04 Å². The highest BCUT2D eigenvalue weighted by molar-refractivity contribution is 5.77. The molecule has 0 spiro atoms. The van der Waals surface area contributed by atoms with Crippen molar-refractivity contribution in [3.05, 3.63) is 36.1 Å². The van der Waals surface area contributed by atoms with Crippen LogP contribution >= 0.6 is 0 Å². The van der Waals surface area contributed by atoms with Crippen molar-refractivity contribution in [2.75, 3.05) is 6.54 Å². The van der Waals surface area contributed by atoms with Crippen LogP contribution in [0, 0.1) is 5.92 Å². The van der Waals surface area contributed by atoms with E-state index in [1.807, 2.05) is 12.1 Å². The summed E-state index contributed by atoms with van der Waals surface area (Å²) >= 11 is 0. The fraction of sp³-hybridized carbons (Fsp3) is 0.467. The van der Waals surface area contributed by atoms with Crippen LogP contribution in [0.3, 0.4) is 0 Å². The van der Waals surface area contributed by atoms with Gasteiger partial charge in [0.15, 0.2) is 0 Å². The first kappa shape index (κ1) is 10.8. The molecule has 2 aromatic rings. The molecule has 0 saturated heterocycles. The SMILES string of the molecule is CCNC(CC1CC1)c1cc2ccccc2o1. The van der Waals surface area contributed by atoms with Crippen molar-refractivity contribution in [3.8, 4) is 0 Å². The molecule has 1 unspecified atom stereocenters. The van der Waals surface area contributed by atoms with Crippen LogP contribution in [0.2, 0.25) is 0 Å². The second-order valence-corrected chi connectivity index (χ2v) is 4.98. The summed E-state index contributed by atoms with van der Waals surface area (Å²) in [6, 6.07) is 10.8. The molecule has 0 bridgehead atoms. The molecular formula is C15H19NO. The first-order valence-corrected chi connectivity index (χ1v) is 6.58. The molecule has 0 amide bonds. The van der Waals surface area contributed by atoms with Crippen molar-refractivity contribution < 1.29 is 4.42 Å². The molecule has 17 heavy (non-hydrogen) atoms. The molecule has 1 aromatic carbocycles. The van der Waals surface area contributed by atoms with Crippen LogP contribution in [0.5, 0.6) is 0 Å². The first-order chi connectivity index (χ1) is 8.36. The second-order valence-electron chi connectivity index (χ2n) is 4.98. The molecule has 2 nitrogen and oxygen atoms in total. The van der Waals surface area contributed by atoms with Crippen molar-refractivity contribution >= 4 is 11.0 Å². The molecule has 0 aliphatic heterocycles. The van der Waals surface area contributed by atoms with E-state index in [1.54, 1.807) is 0 Å². The predicted octanol–water partition coefficient (Wildman–Crippen LogP) is 3.88. The first-order valence-electron chi connectivity index (χ1n) is 6.58. The maximum absolute atomic E-state index is 5.95. The maximum Gasteiger partial charge on any atom is 0.134 e. The maximum atomic E-state index is 5.95. The van der Waals surface area contributed by atoms with Crippen LogP contribution in [0.15, 0.2) is 34.7 Å². The third-order valence-corrected chi connectivity index (χ3v) is 3.50. The van der Waals surface area contributed by atoms with Gasteiger partial charge in [-0.1, -0.05) is 38.0 Å². The van der Waals surface area contributed by atoms with Gasteiger partial charge in [0.2, 0.25) is 0 Å². The zero-order valence-electron chi connectivity index (χ0n) is 10.3. The third kappa shape index (κ3) is 2.37. The largest absolute Gasteiger partial charge is 0.459 e. The molecule has 0 radical (unpaired) electrons. The Kier molecular flexibility index (Phi) is 2.89. The van der Waals surface area contributed by atoms with Crippen LogP contribution in [0.4, 0.5) is 0 Å². The lowest BCUT2D eigenvalue weighted by Crippen LogP contribution is -2.20. The zero-order valence-corrected chi connectivity index (χ0v) is 10.3. The zero-order chi connectivity index (χ0) is 11.7. The van der Waals surface area contributed by atoms with E-state index in [2.05, 4.69) is 30.4 Å². The summed E-state index contributed by atoms with van der Waals surface area (Å²) in [5, 5.41) is 4.75. The Labute approximate surface area is 102 Å². The van der Waals surface area contributed by atoms with Crippen molar-refractivity contribution in [1.82, 2.24) is 5.32 Å². The summed E-state index contributed by atoms with van der Waals surface area (Å²) in [5.41, 5.74) is 1.00. The number of furan rings is 1. The topological polar surface area (TPSA) is 25.2 Å². The number of hydrogen-bond donors (Lipinski definition) is 1. The second kappa shape index (κ2) is 4.53. The summed E-state index contributed by atoms with van der Waals surface area (Å²) in [4.78, 5) is 0. The number of rotatable bonds is 5. The molecule has 1 aromatic heterocycles. The van der Waals surface area contributed by atoms with E-state index in [9.17, 15) is 0 Å². The van der Waals surface area contributed by atoms with Crippen LogP contribution in [0.1, 0.15) is 38.0 Å². The fourth-order valence-electron chi connectivity index (χ4n) is 2.41. The number of benzene rings is 1. The third-order valence-electron chi connectivity index (χ3n) is 3.50. The Morgan fingerprint density at radius 2 is 2.18 bits per heavy atom. The van der Waals surface area contributed by atoms with Crippen molar-refractivity contribution in [2.45, 2.75) is 32.2 Å². The van der Waals surface area contributed by atoms with Crippen molar-refractivity contribution in [2.24, 2.45) is 5.92 Å². The molecule has 90 valence electrons. The molecular weight excluding hydrogens is 210 g/mol. The fourth-order valence-corrected chi connectivity index (χ4v) is 2.41. The Bertz CT molecular complexity index is 465. The summed E-state index contributed by atoms with van der Waals surface area (Å²) in [7, 11) is 0. The van der Waals surface area contributed by atoms with Gasteiger partial charge in [-0.2, -0.15) is 0 Å². The van der Waals surface area contributed by atoms with Crippen LogP contribution in [-0.2, 0) is 0 Å². The summed E-state index contributed by atoms with van der Waals surface area (Å²) in [6.45, 7) is 3.15. The Morgan fingerprint density at radius 1 is 1.35 bits per heavy atom. The van der Waals surface area contributed by atoms with Crippen LogP contribution < -0.4 is 5.32 Å². The molecule has 1 atom stereocenters. The summed E-state index contributed by atoms with van der Waals surface area (Å²) in [5.74, 6) is 2.01. The van der Waals surface area contributed by atoms with Gasteiger partial charge in [0, 0.05) is 5.39 Å². The molecule has 1 aliphatic carbocycles. The molecule has 1 heterocycles. The van der Waals surface area contributed by atoms with Gasteiger partial charge in [0.1, 0.15) is 11.3 Å². The normalized spacial score (nSPS) is 17.5. The lowest BCUT2D eigenvalue weighted by molar-refractivity contribution is 0.402. The van der Waals surface area contributed by atoms with Gasteiger partial charge in [-0.25, -0.2) is 0 Å². The molecule has 1 aliphatic rings. The smallest absolute Gasteiger partial charge is 0.134 e. The molecule has 2 heteroatoms. The van der Waals surface area contributed by atoms with E-state index in [-0.39, 0.29) is 0 Å². The molecule has 1 N–H and O–H groups in total. The Balaban J connectivity index is 1.87. The van der Waals surface area contributed by atoms with E-state index in [1.165, 1.54) is 24.6 Å². The Morgan fingerprint density at radius 3 is 2.88 bits per heavy atom. The van der Waals surface area contributed by atoms with E-state index in [0.717, 1.165) is 23.8 Å². The minimum atomic E-state index is 0.389. The van der Waals surface area contributed by atoms with Gasteiger partial charge in [-0.3, -0.25) is 0 Å². The van der Waals surface area contributed by atoms with Crippen molar-refractivity contribution in [3.63, 3.8) is 0 Å². The van der Waals surface area contributed by atoms with Crippen LogP contribution in [0.25, 0.3) is 11.0 Å². The van der Waals surface area contributed by atoms with Gasteiger partial charge in [0.25, 0.3) is 0 Å². The number of fused-ring (bicyclic) bond motifs is 1. The monoisotopic (exact) mass is 229 g/mol. The highest BCUT2D eigenvalue weighted by Crippen LogP contribution is 2.38. The highest BCUT2D eigenvalue weighted by Gasteiger charge is 2.27. The van der Waals surface area contributed by atoms with Crippen molar-refractivity contribution in [1.29, 1.82) is 0 Å². The predicted molar refractivity (Wildman–Crippen MR) is 70.0 cm³/mol. The quantitative estimate of drug-likeness (QED) is 0.841. The minimum Gasteiger partial charge on any atom is -0.459 e. The molecule has 1 fully saturated rings. The Hall–Kier alpha value is -1.28. The summed E-state index contributed by atoms with van der Waals surface area (Å²) in [6.07, 6.45) is 4.00. The standard InChI is InChI=1S/C15H19NO/c1-2-16-13(9-11-7-8-11)15-10-12-5-3-4-6-14(12)17-15/h3-6,10-11,13,16H,2,7-9H2,1H3. The van der Waals surface area contributed by atoms with Gasteiger partial charge >= 0.3 is 0 Å². The lowest BCUT2D eigenvalue weighted by Gasteiger charge is -2.14. The number of para-hydroxylation sites is 1. The molecule has 3 rings (SSSR count). The van der Waals surface area contributed by atoms with E-state index in [4.69, 9.17) is 4.42 Å². The lowest BCUT2D eigenvalue weighted by atomic mass is 10.1. The molecule has 1 saturated carbocycles. The number of hydrogen-bond acceptors (Lipinski definition) is 2. The average Bonchev–Trinajstić information content (AvgIpc) is 3.05. The van der Waals surface area contributed by atoms with E-state index >= 15 is 0 Å².